The smallest absolute Gasteiger partial charge is 0.254 e. The molecule has 9 heteroatoms. The van der Waals surface area contributed by atoms with E-state index in [1.54, 1.807) is 13.8 Å². The van der Waals surface area contributed by atoms with Gasteiger partial charge in [-0.1, -0.05) is 0 Å². The molecule has 3 N–H and O–H groups in total. The maximum absolute atomic E-state index is 12.8. The van der Waals surface area contributed by atoms with Crippen LogP contribution in [-0.2, 0) is 4.79 Å². The second-order valence-electron chi connectivity index (χ2n) is 5.46. The number of nitrogens with one attached hydrogen (secondary N) is 3. The molecule has 4 unspecified atom stereocenters. The molecule has 0 aromatic heterocycles. The normalized spacial score (nSPS) is 24.9. The van der Waals surface area contributed by atoms with Gasteiger partial charge in [0.1, 0.15) is 17.7 Å². The van der Waals surface area contributed by atoms with Gasteiger partial charge in [0, 0.05) is 4.92 Å². The van der Waals surface area contributed by atoms with Crippen LogP contribution >= 0.6 is 0 Å². The van der Waals surface area contributed by atoms with E-state index in [1.165, 1.54) is 24.3 Å². The molecule has 0 radical (unpaired) electrons. The molecule has 4 atom stereocenters. The average molecular weight is 326 g/mol. The quantitative estimate of drug-likeness (QED) is 0.510. The molecular weight excluding hydrogens is 307 g/mol. The Kier molecular flexibility index (Phi) is 5.45. The van der Waals surface area contributed by atoms with Gasteiger partial charge in [0.15, 0.2) is 6.04 Å². The number of hydrogen-bond donors (Lipinski definition) is 3. The lowest BCUT2D eigenvalue weighted by Crippen LogP contribution is -2.51. The highest BCUT2D eigenvalue weighted by Crippen LogP contribution is 2.13. The second kappa shape index (κ2) is 7.34. The van der Waals surface area contributed by atoms with Crippen molar-refractivity contribution in [1.29, 1.82) is 0 Å². The van der Waals surface area contributed by atoms with E-state index < -0.39 is 29.0 Å². The van der Waals surface area contributed by atoms with Crippen LogP contribution in [0.3, 0.4) is 0 Å². The number of ether oxygens (including phenoxy) is 1. The van der Waals surface area contributed by atoms with Gasteiger partial charge >= 0.3 is 0 Å². The Morgan fingerprint density at radius 1 is 1.43 bits per heavy atom. The number of hydrogen-bond acceptors (Lipinski definition) is 6. The molecule has 2 rings (SSSR count). The summed E-state index contributed by atoms with van der Waals surface area (Å²) in [4.78, 5) is 22.6. The van der Waals surface area contributed by atoms with Gasteiger partial charge in [0.25, 0.3) is 6.04 Å². The van der Waals surface area contributed by atoms with Crippen LogP contribution in [0.4, 0.5) is 4.39 Å². The largest absolute Gasteiger partial charge is 0.489 e. The Bertz CT molecular complexity index is 568. The molecule has 1 aromatic rings. The van der Waals surface area contributed by atoms with Gasteiger partial charge < -0.3 is 10.1 Å². The van der Waals surface area contributed by atoms with E-state index in [2.05, 4.69) is 16.2 Å². The first-order valence-corrected chi connectivity index (χ1v) is 7.23. The summed E-state index contributed by atoms with van der Waals surface area (Å²) < 4.78 is 18.3. The van der Waals surface area contributed by atoms with E-state index in [0.29, 0.717) is 5.75 Å². The third-order valence-electron chi connectivity index (χ3n) is 3.56. The SMILES string of the molecule is CC(CNC(=O)C1NNC(C)C1[N+](=O)[O-])Oc1ccc(F)cc1. The lowest BCUT2D eigenvalue weighted by molar-refractivity contribution is -0.523. The zero-order valence-corrected chi connectivity index (χ0v) is 12.8. The topological polar surface area (TPSA) is 106 Å². The molecule has 1 saturated heterocycles. The van der Waals surface area contributed by atoms with Crippen molar-refractivity contribution in [1.82, 2.24) is 16.2 Å². The molecule has 8 nitrogen and oxygen atoms in total. The van der Waals surface area contributed by atoms with E-state index in [-0.39, 0.29) is 18.5 Å². The lowest BCUT2D eigenvalue weighted by atomic mass is 10.0. The Balaban J connectivity index is 1.84. The predicted octanol–water partition coefficient (Wildman–Crippen LogP) is 0.219. The van der Waals surface area contributed by atoms with E-state index in [0.717, 1.165) is 0 Å². The Morgan fingerprint density at radius 2 is 2.09 bits per heavy atom. The van der Waals surface area contributed by atoms with Crippen molar-refractivity contribution >= 4 is 5.91 Å². The van der Waals surface area contributed by atoms with Crippen molar-refractivity contribution < 1.29 is 18.8 Å². The second-order valence-corrected chi connectivity index (χ2v) is 5.46. The molecule has 1 fully saturated rings. The van der Waals surface area contributed by atoms with Crippen LogP contribution in [0.5, 0.6) is 5.75 Å². The molecule has 1 aliphatic heterocycles. The standard InChI is InChI=1S/C14H19FN4O4/c1-8(23-11-5-3-10(15)4-6-11)7-16-14(20)12-13(19(21)22)9(2)17-18-12/h3-6,8-9,12-13,17-18H,7H2,1-2H3,(H,16,20). The summed E-state index contributed by atoms with van der Waals surface area (Å²) in [5.74, 6) is -0.359. The highest BCUT2D eigenvalue weighted by molar-refractivity contribution is 5.82. The number of carbonyl (C=O) groups is 1. The van der Waals surface area contributed by atoms with Crippen LogP contribution in [0, 0.1) is 15.9 Å². The highest BCUT2D eigenvalue weighted by atomic mass is 19.1. The van der Waals surface area contributed by atoms with Gasteiger partial charge in [-0.15, -0.1) is 0 Å². The van der Waals surface area contributed by atoms with Crippen molar-refractivity contribution in [3.8, 4) is 5.75 Å². The van der Waals surface area contributed by atoms with Gasteiger partial charge in [-0.3, -0.25) is 14.9 Å². The van der Waals surface area contributed by atoms with Gasteiger partial charge in [-0.05, 0) is 38.1 Å². The first-order chi connectivity index (χ1) is 10.9. The summed E-state index contributed by atoms with van der Waals surface area (Å²) in [6, 6.07) is 3.09. The van der Waals surface area contributed by atoms with Gasteiger partial charge in [-0.25, -0.2) is 15.2 Å². The zero-order valence-electron chi connectivity index (χ0n) is 12.8. The predicted molar refractivity (Wildman–Crippen MR) is 79.8 cm³/mol. The first-order valence-electron chi connectivity index (χ1n) is 7.23. The minimum absolute atomic E-state index is 0.174. The number of hydrazine groups is 1. The third kappa shape index (κ3) is 4.36. The van der Waals surface area contributed by atoms with Gasteiger partial charge in [0.05, 0.1) is 12.6 Å². The minimum atomic E-state index is -1.04. The van der Waals surface area contributed by atoms with Crippen LogP contribution < -0.4 is 20.9 Å². The van der Waals surface area contributed by atoms with Crippen molar-refractivity contribution in [2.24, 2.45) is 0 Å². The summed E-state index contributed by atoms with van der Waals surface area (Å²) in [5.41, 5.74) is 5.33. The molecule has 1 amide bonds. The molecule has 0 bridgehead atoms. The van der Waals surface area contributed by atoms with E-state index in [1.807, 2.05) is 0 Å². The number of rotatable bonds is 6. The lowest BCUT2D eigenvalue weighted by Gasteiger charge is -2.18. The average Bonchev–Trinajstić information content (AvgIpc) is 2.89. The fraction of sp³-hybridized carbons (Fsp3) is 0.500. The van der Waals surface area contributed by atoms with E-state index in [4.69, 9.17) is 4.74 Å². The molecular formula is C14H19FN4O4. The summed E-state index contributed by atoms with van der Waals surface area (Å²) in [6.07, 6.45) is -0.370. The van der Waals surface area contributed by atoms with E-state index >= 15 is 0 Å². The molecule has 0 aliphatic carbocycles. The summed E-state index contributed by atoms with van der Waals surface area (Å²) in [6.45, 7) is 3.54. The van der Waals surface area contributed by atoms with Crippen molar-refractivity contribution in [3.05, 3.63) is 40.2 Å². The molecule has 23 heavy (non-hydrogen) atoms. The fourth-order valence-electron chi connectivity index (χ4n) is 2.35. The Labute approximate surface area is 132 Å². The first kappa shape index (κ1) is 17.1. The third-order valence-corrected chi connectivity index (χ3v) is 3.56. The fourth-order valence-corrected chi connectivity index (χ4v) is 2.35. The summed E-state index contributed by atoms with van der Waals surface area (Å²) in [7, 11) is 0. The van der Waals surface area contributed by atoms with Crippen LogP contribution in [0.1, 0.15) is 13.8 Å². The highest BCUT2D eigenvalue weighted by Gasteiger charge is 2.46. The number of carbonyl (C=O) groups excluding carboxylic acids is 1. The van der Waals surface area contributed by atoms with Crippen LogP contribution in [0.15, 0.2) is 24.3 Å². The molecule has 126 valence electrons. The zero-order chi connectivity index (χ0) is 17.0. The van der Waals surface area contributed by atoms with Crippen molar-refractivity contribution in [2.75, 3.05) is 6.54 Å². The van der Waals surface area contributed by atoms with Crippen molar-refractivity contribution in [2.45, 2.75) is 38.1 Å². The number of nitrogens with zero attached hydrogens (tertiary/aromatic N) is 1. The molecule has 1 aliphatic rings. The molecule has 1 heterocycles. The molecule has 0 spiro atoms. The molecule has 0 saturated carbocycles. The van der Waals surface area contributed by atoms with Gasteiger partial charge in [-0.2, -0.15) is 0 Å². The van der Waals surface area contributed by atoms with Crippen LogP contribution in [0.25, 0.3) is 0 Å². The minimum Gasteiger partial charge on any atom is -0.489 e. The number of amides is 1. The van der Waals surface area contributed by atoms with Crippen molar-refractivity contribution in [3.63, 3.8) is 0 Å². The number of benzene rings is 1. The summed E-state index contributed by atoms with van der Waals surface area (Å²) >= 11 is 0. The maximum atomic E-state index is 12.8. The number of nitro groups is 1. The Morgan fingerprint density at radius 3 is 2.70 bits per heavy atom. The van der Waals surface area contributed by atoms with Gasteiger partial charge in [0.2, 0.25) is 5.91 Å². The number of halogens is 1. The monoisotopic (exact) mass is 326 g/mol. The maximum Gasteiger partial charge on any atom is 0.254 e. The molecule has 1 aromatic carbocycles. The van der Waals surface area contributed by atoms with Crippen LogP contribution in [0.2, 0.25) is 0 Å². The van der Waals surface area contributed by atoms with E-state index in [9.17, 15) is 19.3 Å². The summed E-state index contributed by atoms with van der Waals surface area (Å²) in [5, 5.41) is 13.6. The van der Waals surface area contributed by atoms with Crippen LogP contribution in [-0.4, -0.2) is 41.6 Å². The Hall–Kier alpha value is -2.26.